The number of aliphatic hydroxyl groups is 1. The first kappa shape index (κ1) is 14.2. The van der Waals surface area contributed by atoms with Gasteiger partial charge in [-0.15, -0.1) is 0 Å². The van der Waals surface area contributed by atoms with Gasteiger partial charge < -0.3 is 10.4 Å². The first-order valence-corrected chi connectivity index (χ1v) is 6.47. The van der Waals surface area contributed by atoms with E-state index in [1.807, 2.05) is 16.9 Å². The monoisotopic (exact) mass is 239 g/mol. The first-order chi connectivity index (χ1) is 8.15. The summed E-state index contributed by atoms with van der Waals surface area (Å²) in [5, 5.41) is 17.2. The number of rotatable bonds is 8. The number of nitrogens with one attached hydrogen (secondary N) is 1. The van der Waals surface area contributed by atoms with Crippen LogP contribution >= 0.6 is 0 Å². The van der Waals surface area contributed by atoms with Crippen molar-refractivity contribution in [2.24, 2.45) is 5.41 Å². The lowest BCUT2D eigenvalue weighted by Crippen LogP contribution is -2.41. The van der Waals surface area contributed by atoms with Crippen molar-refractivity contribution in [1.82, 2.24) is 15.1 Å². The topological polar surface area (TPSA) is 50.1 Å². The van der Waals surface area contributed by atoms with Crippen molar-refractivity contribution in [3.63, 3.8) is 0 Å². The minimum absolute atomic E-state index is 0.0262. The van der Waals surface area contributed by atoms with Crippen molar-refractivity contribution in [3.8, 4) is 0 Å². The molecule has 1 rings (SSSR count). The van der Waals surface area contributed by atoms with Gasteiger partial charge in [0.2, 0.25) is 0 Å². The molecule has 1 aromatic heterocycles. The molecule has 98 valence electrons. The Morgan fingerprint density at radius 3 is 2.59 bits per heavy atom. The Morgan fingerprint density at radius 1 is 1.41 bits per heavy atom. The van der Waals surface area contributed by atoms with Crippen LogP contribution in [0, 0.1) is 5.41 Å². The molecule has 0 aromatic carbocycles. The second-order valence-electron chi connectivity index (χ2n) is 4.88. The van der Waals surface area contributed by atoms with Crippen LogP contribution in [-0.4, -0.2) is 34.1 Å². The van der Waals surface area contributed by atoms with Crippen molar-refractivity contribution in [1.29, 1.82) is 0 Å². The number of aliphatic hydroxyl groups excluding tert-OH is 1. The highest BCUT2D eigenvalue weighted by molar-refractivity contribution is 4.82. The summed E-state index contributed by atoms with van der Waals surface area (Å²) >= 11 is 0. The second kappa shape index (κ2) is 6.77. The molecule has 0 fully saturated rings. The van der Waals surface area contributed by atoms with Crippen molar-refractivity contribution in [2.75, 3.05) is 13.2 Å². The summed E-state index contributed by atoms with van der Waals surface area (Å²) in [6.07, 6.45) is 5.77. The van der Waals surface area contributed by atoms with Crippen LogP contribution in [0.5, 0.6) is 0 Å². The Kier molecular flexibility index (Phi) is 5.65. The zero-order valence-corrected chi connectivity index (χ0v) is 11.2. The largest absolute Gasteiger partial charge is 0.396 e. The van der Waals surface area contributed by atoms with Gasteiger partial charge >= 0.3 is 0 Å². The smallest absolute Gasteiger partial charge is 0.0559 e. The molecule has 0 radical (unpaired) electrons. The van der Waals surface area contributed by atoms with E-state index in [1.165, 1.54) is 0 Å². The second-order valence-corrected chi connectivity index (χ2v) is 4.88. The standard InChI is InChI=1S/C13H25N3O/c1-4-13(5-2,11-17)10-14-12(3)9-16-8-6-7-15-16/h6-8,12,14,17H,4-5,9-11H2,1-3H3. The van der Waals surface area contributed by atoms with Gasteiger partial charge in [-0.1, -0.05) is 13.8 Å². The van der Waals surface area contributed by atoms with E-state index in [-0.39, 0.29) is 12.0 Å². The van der Waals surface area contributed by atoms with Gasteiger partial charge in [-0.05, 0) is 25.8 Å². The van der Waals surface area contributed by atoms with Crippen molar-refractivity contribution < 1.29 is 5.11 Å². The lowest BCUT2D eigenvalue weighted by Gasteiger charge is -2.31. The van der Waals surface area contributed by atoms with E-state index in [1.54, 1.807) is 6.20 Å². The summed E-state index contributed by atoms with van der Waals surface area (Å²) in [5.41, 5.74) is 0.0262. The number of nitrogens with zero attached hydrogens (tertiary/aromatic N) is 2. The Balaban J connectivity index is 2.38. The minimum atomic E-state index is 0.0262. The number of hydrogen-bond acceptors (Lipinski definition) is 3. The fourth-order valence-corrected chi connectivity index (χ4v) is 1.92. The zero-order valence-electron chi connectivity index (χ0n) is 11.2. The van der Waals surface area contributed by atoms with Gasteiger partial charge in [0.05, 0.1) is 6.54 Å². The average molecular weight is 239 g/mol. The molecule has 4 heteroatoms. The third kappa shape index (κ3) is 4.13. The van der Waals surface area contributed by atoms with Gasteiger partial charge in [-0.25, -0.2) is 0 Å². The van der Waals surface area contributed by atoms with Gasteiger partial charge in [0, 0.05) is 37.0 Å². The summed E-state index contributed by atoms with van der Waals surface area (Å²) in [7, 11) is 0. The molecule has 0 aliphatic rings. The van der Waals surface area contributed by atoms with Gasteiger partial charge in [-0.2, -0.15) is 5.10 Å². The molecule has 0 spiro atoms. The lowest BCUT2D eigenvalue weighted by molar-refractivity contribution is 0.109. The van der Waals surface area contributed by atoms with Crippen molar-refractivity contribution in [3.05, 3.63) is 18.5 Å². The molecule has 1 heterocycles. The van der Waals surface area contributed by atoms with Crippen molar-refractivity contribution in [2.45, 2.75) is 46.2 Å². The van der Waals surface area contributed by atoms with E-state index in [9.17, 15) is 5.11 Å². The van der Waals surface area contributed by atoms with Crippen LogP contribution in [0.4, 0.5) is 0 Å². The van der Waals surface area contributed by atoms with E-state index < -0.39 is 0 Å². The molecule has 1 atom stereocenters. The highest BCUT2D eigenvalue weighted by Crippen LogP contribution is 2.24. The SMILES string of the molecule is CCC(CC)(CO)CNC(C)Cn1cccn1. The molecule has 0 saturated carbocycles. The van der Waals surface area contributed by atoms with Crippen LogP contribution in [0.1, 0.15) is 33.6 Å². The van der Waals surface area contributed by atoms with Crippen LogP contribution in [-0.2, 0) is 6.54 Å². The third-order valence-electron chi connectivity index (χ3n) is 3.68. The molecule has 17 heavy (non-hydrogen) atoms. The predicted octanol–water partition coefficient (Wildman–Crippen LogP) is 1.66. The van der Waals surface area contributed by atoms with Gasteiger partial charge in [-0.3, -0.25) is 4.68 Å². The third-order valence-corrected chi connectivity index (χ3v) is 3.68. The van der Waals surface area contributed by atoms with Crippen LogP contribution < -0.4 is 5.32 Å². The Bertz CT molecular complexity index is 285. The van der Waals surface area contributed by atoms with Gasteiger partial charge in [0.1, 0.15) is 0 Å². The highest BCUT2D eigenvalue weighted by Gasteiger charge is 2.25. The van der Waals surface area contributed by atoms with Crippen LogP contribution in [0.3, 0.4) is 0 Å². The van der Waals surface area contributed by atoms with Crippen LogP contribution in [0.2, 0.25) is 0 Å². The Morgan fingerprint density at radius 2 is 2.12 bits per heavy atom. The fourth-order valence-electron chi connectivity index (χ4n) is 1.92. The molecule has 1 unspecified atom stereocenters. The highest BCUT2D eigenvalue weighted by atomic mass is 16.3. The summed E-state index contributed by atoms with van der Waals surface area (Å²) in [5.74, 6) is 0. The molecule has 0 amide bonds. The molecular weight excluding hydrogens is 214 g/mol. The number of hydrogen-bond donors (Lipinski definition) is 2. The zero-order chi connectivity index (χ0) is 12.7. The normalized spacial score (nSPS) is 13.9. The minimum Gasteiger partial charge on any atom is -0.396 e. The molecular formula is C13H25N3O. The molecule has 4 nitrogen and oxygen atoms in total. The lowest BCUT2D eigenvalue weighted by atomic mass is 9.83. The molecule has 2 N–H and O–H groups in total. The van der Waals surface area contributed by atoms with E-state index in [4.69, 9.17) is 0 Å². The summed E-state index contributed by atoms with van der Waals surface area (Å²) < 4.78 is 1.93. The first-order valence-electron chi connectivity index (χ1n) is 6.47. The quantitative estimate of drug-likeness (QED) is 0.725. The summed E-state index contributed by atoms with van der Waals surface area (Å²) in [4.78, 5) is 0. The van der Waals surface area contributed by atoms with Gasteiger partial charge in [0.25, 0.3) is 0 Å². The Labute approximate surface area is 104 Å². The molecule has 0 aliphatic carbocycles. The van der Waals surface area contributed by atoms with E-state index in [0.717, 1.165) is 25.9 Å². The van der Waals surface area contributed by atoms with Gasteiger partial charge in [0.15, 0.2) is 0 Å². The number of aromatic nitrogens is 2. The summed E-state index contributed by atoms with van der Waals surface area (Å²) in [6, 6.07) is 2.29. The molecule has 0 bridgehead atoms. The van der Waals surface area contributed by atoms with E-state index >= 15 is 0 Å². The van der Waals surface area contributed by atoms with Crippen molar-refractivity contribution >= 4 is 0 Å². The molecule has 1 aromatic rings. The maximum atomic E-state index is 9.49. The van der Waals surface area contributed by atoms with Crippen LogP contribution in [0.25, 0.3) is 0 Å². The van der Waals surface area contributed by atoms with E-state index in [0.29, 0.717) is 6.04 Å². The molecule has 0 aliphatic heterocycles. The predicted molar refractivity (Wildman–Crippen MR) is 69.8 cm³/mol. The van der Waals surface area contributed by atoms with E-state index in [2.05, 4.69) is 31.2 Å². The fraction of sp³-hybridized carbons (Fsp3) is 0.769. The maximum absolute atomic E-state index is 9.49. The average Bonchev–Trinajstić information content (AvgIpc) is 2.84. The molecule has 0 saturated heterocycles. The summed E-state index contributed by atoms with van der Waals surface area (Å²) in [6.45, 7) is 8.40. The maximum Gasteiger partial charge on any atom is 0.0559 e. The Hall–Kier alpha value is -0.870. The van der Waals surface area contributed by atoms with Crippen LogP contribution in [0.15, 0.2) is 18.5 Å².